The normalized spacial score (nSPS) is 40.4. The van der Waals surface area contributed by atoms with Gasteiger partial charge in [-0.15, -0.1) is 0 Å². The van der Waals surface area contributed by atoms with Gasteiger partial charge in [0.2, 0.25) is 5.91 Å². The van der Waals surface area contributed by atoms with Crippen LogP contribution in [0.4, 0.5) is 0 Å². The van der Waals surface area contributed by atoms with E-state index in [-0.39, 0.29) is 0 Å². The van der Waals surface area contributed by atoms with E-state index in [9.17, 15) is 4.79 Å². The minimum atomic E-state index is 0.304. The van der Waals surface area contributed by atoms with E-state index in [1.807, 2.05) is 0 Å². The molecule has 2 saturated heterocycles. The van der Waals surface area contributed by atoms with Crippen molar-refractivity contribution >= 4 is 5.91 Å². The average molecular weight is 292 g/mol. The molecular weight excluding hydrogens is 260 g/mol. The molecule has 0 radical (unpaired) electrons. The first-order valence-electron chi connectivity index (χ1n) is 8.89. The van der Waals surface area contributed by atoms with Crippen LogP contribution >= 0.6 is 0 Å². The Morgan fingerprint density at radius 3 is 2.33 bits per heavy atom. The second-order valence-electron chi connectivity index (χ2n) is 8.73. The quantitative estimate of drug-likeness (QED) is 0.806. The molecule has 120 valence electrons. The summed E-state index contributed by atoms with van der Waals surface area (Å²) in [6, 6.07) is 0.442. The van der Waals surface area contributed by atoms with Crippen LogP contribution in [0.2, 0.25) is 0 Å². The van der Waals surface area contributed by atoms with E-state index < -0.39 is 0 Å². The molecule has 2 aliphatic heterocycles. The zero-order chi connectivity index (χ0) is 15.2. The lowest BCUT2D eigenvalue weighted by Crippen LogP contribution is -2.43. The number of hydrogen-bond donors (Lipinski definition) is 1. The summed E-state index contributed by atoms with van der Waals surface area (Å²) in [5.74, 6) is 2.96. The Morgan fingerprint density at radius 2 is 1.76 bits per heavy atom. The molecule has 1 amide bonds. The smallest absolute Gasteiger partial charge is 0.225 e. The molecule has 3 rings (SSSR count). The zero-order valence-electron chi connectivity index (χ0n) is 14.2. The van der Waals surface area contributed by atoms with Crippen molar-refractivity contribution in [3.05, 3.63) is 0 Å². The third-order valence-corrected chi connectivity index (χ3v) is 6.52. The molecule has 3 nitrogen and oxygen atoms in total. The first kappa shape index (κ1) is 15.3. The van der Waals surface area contributed by atoms with E-state index in [0.717, 1.165) is 38.4 Å². The van der Waals surface area contributed by atoms with Gasteiger partial charge in [0.05, 0.1) is 0 Å². The molecule has 1 N–H and O–H groups in total. The number of hydrogen-bond acceptors (Lipinski definition) is 2. The minimum Gasteiger partial charge on any atom is -0.339 e. The molecule has 3 atom stereocenters. The molecule has 3 unspecified atom stereocenters. The molecule has 1 saturated carbocycles. The molecular formula is C18H32N2O. The second-order valence-corrected chi connectivity index (χ2v) is 8.73. The van der Waals surface area contributed by atoms with Crippen LogP contribution in [0, 0.1) is 29.1 Å². The number of fused-ring (bicyclic) bond motifs is 1. The van der Waals surface area contributed by atoms with Crippen LogP contribution in [0.5, 0.6) is 0 Å². The van der Waals surface area contributed by atoms with E-state index >= 15 is 0 Å². The van der Waals surface area contributed by atoms with Crippen molar-refractivity contribution in [2.24, 2.45) is 29.1 Å². The van der Waals surface area contributed by atoms with E-state index in [1.165, 1.54) is 12.8 Å². The second kappa shape index (κ2) is 5.57. The van der Waals surface area contributed by atoms with Crippen molar-refractivity contribution in [3.8, 4) is 0 Å². The summed E-state index contributed by atoms with van der Waals surface area (Å²) >= 11 is 0. The van der Waals surface area contributed by atoms with Crippen LogP contribution < -0.4 is 5.32 Å². The van der Waals surface area contributed by atoms with Crippen molar-refractivity contribution in [3.63, 3.8) is 0 Å². The molecule has 1 aliphatic carbocycles. The molecule has 0 bridgehead atoms. The highest BCUT2D eigenvalue weighted by molar-refractivity contribution is 5.79. The van der Waals surface area contributed by atoms with E-state index in [1.54, 1.807) is 0 Å². The topological polar surface area (TPSA) is 32.3 Å². The fraction of sp³-hybridized carbons (Fsp3) is 0.944. The van der Waals surface area contributed by atoms with Gasteiger partial charge in [-0.25, -0.2) is 0 Å². The van der Waals surface area contributed by atoms with Gasteiger partial charge < -0.3 is 10.2 Å². The van der Waals surface area contributed by atoms with Crippen LogP contribution in [-0.2, 0) is 4.79 Å². The van der Waals surface area contributed by atoms with Gasteiger partial charge in [-0.2, -0.15) is 0 Å². The minimum absolute atomic E-state index is 0.304. The fourth-order valence-electron chi connectivity index (χ4n) is 4.90. The zero-order valence-corrected chi connectivity index (χ0v) is 14.2. The first-order valence-corrected chi connectivity index (χ1v) is 8.89. The molecule has 3 aliphatic rings. The van der Waals surface area contributed by atoms with Gasteiger partial charge in [0.25, 0.3) is 0 Å². The lowest BCUT2D eigenvalue weighted by Gasteiger charge is -2.38. The fourth-order valence-corrected chi connectivity index (χ4v) is 4.90. The Hall–Kier alpha value is -0.570. The maximum absolute atomic E-state index is 12.9. The lowest BCUT2D eigenvalue weighted by molar-refractivity contribution is -0.138. The monoisotopic (exact) mass is 292 g/mol. The summed E-state index contributed by atoms with van der Waals surface area (Å²) in [5.41, 5.74) is 0.400. The van der Waals surface area contributed by atoms with Gasteiger partial charge in [0.15, 0.2) is 0 Å². The van der Waals surface area contributed by atoms with Crippen molar-refractivity contribution in [2.75, 3.05) is 19.6 Å². The van der Waals surface area contributed by atoms with Gasteiger partial charge in [0, 0.05) is 31.6 Å². The highest BCUT2D eigenvalue weighted by Gasteiger charge is 2.45. The van der Waals surface area contributed by atoms with Crippen molar-refractivity contribution < 1.29 is 4.79 Å². The van der Waals surface area contributed by atoms with Crippen molar-refractivity contribution in [2.45, 2.75) is 59.4 Å². The third-order valence-electron chi connectivity index (χ3n) is 6.52. The number of carbonyl (C=O) groups excluding carboxylic acids is 1. The summed E-state index contributed by atoms with van der Waals surface area (Å²) in [6.07, 6.45) is 4.68. The number of nitrogens with zero attached hydrogens (tertiary/aromatic N) is 1. The van der Waals surface area contributed by atoms with Crippen molar-refractivity contribution in [1.82, 2.24) is 10.2 Å². The Kier molecular flexibility index (Phi) is 4.06. The maximum Gasteiger partial charge on any atom is 0.225 e. The predicted molar refractivity (Wildman–Crippen MR) is 85.9 cm³/mol. The largest absolute Gasteiger partial charge is 0.339 e. The van der Waals surface area contributed by atoms with Crippen LogP contribution in [0.25, 0.3) is 0 Å². The molecule has 0 aromatic carbocycles. The molecule has 0 aromatic rings. The van der Waals surface area contributed by atoms with E-state index in [4.69, 9.17) is 0 Å². The number of amides is 1. The van der Waals surface area contributed by atoms with Gasteiger partial charge in [-0.05, 0) is 55.8 Å². The summed E-state index contributed by atoms with van der Waals surface area (Å²) in [6.45, 7) is 12.5. The number of nitrogens with one attached hydrogen (secondary N) is 1. The number of likely N-dealkylation sites (tertiary alicyclic amines) is 1. The standard InChI is InChI=1S/C18H32N2O/c1-12-16-10-19-9-14(16)11-20(12)17(21)13-5-7-15(8-6-13)18(2,3)4/h12-16,19H,5-11H2,1-4H3. The molecule has 3 heteroatoms. The molecule has 0 spiro atoms. The van der Waals surface area contributed by atoms with Gasteiger partial charge in [-0.3, -0.25) is 4.79 Å². The summed E-state index contributed by atoms with van der Waals surface area (Å²) < 4.78 is 0. The van der Waals surface area contributed by atoms with Crippen molar-refractivity contribution in [1.29, 1.82) is 0 Å². The highest BCUT2D eigenvalue weighted by Crippen LogP contribution is 2.41. The Labute approximate surface area is 129 Å². The molecule has 3 fully saturated rings. The van der Waals surface area contributed by atoms with Crippen LogP contribution in [0.15, 0.2) is 0 Å². The number of carbonyl (C=O) groups is 1. The Morgan fingerprint density at radius 1 is 1.10 bits per heavy atom. The van der Waals surface area contributed by atoms with Crippen LogP contribution in [0.1, 0.15) is 53.4 Å². The lowest BCUT2D eigenvalue weighted by atomic mass is 9.69. The number of rotatable bonds is 1. The molecule has 0 aromatic heterocycles. The van der Waals surface area contributed by atoms with Gasteiger partial charge >= 0.3 is 0 Å². The summed E-state index contributed by atoms with van der Waals surface area (Å²) in [5, 5.41) is 3.48. The Bertz CT molecular complexity index is 393. The van der Waals surface area contributed by atoms with Gasteiger partial charge in [0.1, 0.15) is 0 Å². The molecule has 2 heterocycles. The third kappa shape index (κ3) is 2.86. The van der Waals surface area contributed by atoms with E-state index in [0.29, 0.717) is 35.1 Å². The van der Waals surface area contributed by atoms with Crippen LogP contribution in [0.3, 0.4) is 0 Å². The Balaban J connectivity index is 1.58. The van der Waals surface area contributed by atoms with Crippen LogP contribution in [-0.4, -0.2) is 36.5 Å². The maximum atomic E-state index is 12.9. The van der Waals surface area contributed by atoms with Gasteiger partial charge in [-0.1, -0.05) is 20.8 Å². The van der Waals surface area contributed by atoms with E-state index in [2.05, 4.69) is 37.9 Å². The highest BCUT2D eigenvalue weighted by atomic mass is 16.2. The first-order chi connectivity index (χ1) is 9.88. The average Bonchev–Trinajstić information content (AvgIpc) is 3.01. The summed E-state index contributed by atoms with van der Waals surface area (Å²) in [7, 11) is 0. The predicted octanol–water partition coefficient (Wildman–Crippen LogP) is 2.91. The molecule has 21 heavy (non-hydrogen) atoms. The summed E-state index contributed by atoms with van der Waals surface area (Å²) in [4.78, 5) is 15.1. The SMILES string of the molecule is CC1C2CNCC2CN1C(=O)C1CCC(C(C)(C)C)CC1.